The first kappa shape index (κ1) is 35.6. The minimum atomic E-state index is -3.38. The van der Waals surface area contributed by atoms with Gasteiger partial charge in [0.2, 0.25) is 0 Å². The van der Waals surface area contributed by atoms with E-state index in [2.05, 4.69) is 185 Å². The van der Waals surface area contributed by atoms with Crippen molar-refractivity contribution in [3.63, 3.8) is 0 Å². The Labute approximate surface area is 329 Å². The zero-order valence-electron chi connectivity index (χ0n) is 32.4. The van der Waals surface area contributed by atoms with Gasteiger partial charge in [0.1, 0.15) is 0 Å². The van der Waals surface area contributed by atoms with Gasteiger partial charge in [0.25, 0.3) is 0 Å². The molecule has 2 heteroatoms. The van der Waals surface area contributed by atoms with Crippen molar-refractivity contribution >= 4 is 28.8 Å². The number of allylic oxidation sites excluding steroid dienone is 2. The summed E-state index contributed by atoms with van der Waals surface area (Å²) in [5.74, 6) is 0. The topological polar surface area (TPSA) is 0 Å². The second kappa shape index (κ2) is 14.5. The van der Waals surface area contributed by atoms with Crippen LogP contribution in [0.5, 0.6) is 0 Å². The van der Waals surface area contributed by atoms with Crippen LogP contribution in [0.25, 0.3) is 32.6 Å². The fourth-order valence-electron chi connectivity index (χ4n) is 11.6. The summed E-state index contributed by atoms with van der Waals surface area (Å²) in [6, 6.07) is 61.3. The molecule has 0 aromatic heterocycles. The summed E-state index contributed by atoms with van der Waals surface area (Å²) >= 11 is -3.38. The van der Waals surface area contributed by atoms with E-state index in [0.717, 1.165) is 0 Å². The third kappa shape index (κ3) is 5.23. The molecule has 0 radical (unpaired) electrons. The Kier molecular flexibility index (Phi) is 9.57. The monoisotopic (exact) mass is 794 g/mol. The van der Waals surface area contributed by atoms with Gasteiger partial charge in [0, 0.05) is 0 Å². The van der Waals surface area contributed by atoms with Crippen LogP contribution in [0, 0.1) is 0 Å². The van der Waals surface area contributed by atoms with Crippen molar-refractivity contribution in [2.45, 2.75) is 68.9 Å². The molecule has 54 heavy (non-hydrogen) atoms. The summed E-state index contributed by atoms with van der Waals surface area (Å²) in [5, 5.41) is 6.40. The Hall–Kier alpha value is -4.10. The maximum atomic E-state index is 2.63. The van der Waals surface area contributed by atoms with Crippen molar-refractivity contribution in [1.29, 1.82) is 0 Å². The van der Waals surface area contributed by atoms with Gasteiger partial charge in [-0.3, -0.25) is 0 Å². The average molecular weight is 796 g/mol. The molecule has 2 atom stereocenters. The molecule has 0 saturated heterocycles. The molecule has 2 aliphatic carbocycles. The molecule has 6 aromatic rings. The maximum absolute atomic E-state index is 3.38. The van der Waals surface area contributed by atoms with Gasteiger partial charge in [-0.25, -0.2) is 0 Å². The normalized spacial score (nSPS) is 19.0. The third-order valence-electron chi connectivity index (χ3n) is 13.4. The minimum absolute atomic E-state index is 0.540. The van der Waals surface area contributed by atoms with Gasteiger partial charge in [-0.05, 0) is 0 Å². The quantitative estimate of drug-likeness (QED) is 0.121. The van der Waals surface area contributed by atoms with Crippen LogP contribution in [0.2, 0.25) is 8.26 Å². The van der Waals surface area contributed by atoms with Crippen LogP contribution < -0.4 is 10.4 Å². The Morgan fingerprint density at radius 1 is 0.444 bits per heavy atom. The predicted molar refractivity (Wildman–Crippen MR) is 232 cm³/mol. The Balaban J connectivity index is 1.53. The number of hydrogen-bond donors (Lipinski definition) is 0. The number of benzene rings is 6. The molecule has 9 rings (SSSR count). The number of rotatable bonds is 10. The molecule has 4 bridgehead atoms. The van der Waals surface area contributed by atoms with Crippen molar-refractivity contribution in [3.8, 4) is 22.3 Å². The van der Waals surface area contributed by atoms with Crippen LogP contribution in [0.15, 0.2) is 169 Å². The van der Waals surface area contributed by atoms with Crippen LogP contribution in [0.4, 0.5) is 0 Å². The molecule has 0 saturated carbocycles. The molecule has 268 valence electrons. The Morgan fingerprint density at radius 3 is 1.19 bits per heavy atom. The van der Waals surface area contributed by atoms with E-state index in [0.29, 0.717) is 7.25 Å². The van der Waals surface area contributed by atoms with E-state index in [1.165, 1.54) is 66.6 Å². The standard InChI is InChI=1S/C44H34Si.2C4H9.Zr/c1-31-29-35-21-15-27-39(33-17-7-3-8-18-33)41(35)43(31)45(37-23-11-5-12-24-37,38-25-13-6-14-26-38)44-32(2)30-36-22-16-28-40(42(36)44)34-19-9-4-10-20-34;2*1-3-4-2;/h3-30H,1-2H3;2*1,3-4H2,2H3;. The van der Waals surface area contributed by atoms with Gasteiger partial charge in [0.05, 0.1) is 0 Å². The molecule has 2 unspecified atom stereocenters. The molecule has 0 N–H and O–H groups in total. The molecular weight excluding hydrogens is 744 g/mol. The summed E-state index contributed by atoms with van der Waals surface area (Å²) in [6.07, 6.45) is 5.19. The van der Waals surface area contributed by atoms with Crippen LogP contribution in [0.3, 0.4) is 0 Å². The van der Waals surface area contributed by atoms with Crippen LogP contribution in [-0.2, 0) is 20.3 Å². The zero-order valence-corrected chi connectivity index (χ0v) is 35.9. The van der Waals surface area contributed by atoms with E-state index >= 15 is 0 Å². The SMILES string of the molecule is CCC[CH2][Zr]1([CH2]CCC)[CH]2C(C)=C(c3c(-c4ccccc4)cccc32)[Si](c2ccccc2)(c2ccccc2)C2=C(C)[CH]1c1cccc(-c3ccccc3)c12. The van der Waals surface area contributed by atoms with Gasteiger partial charge < -0.3 is 0 Å². The fraction of sp³-hybridized carbons (Fsp3) is 0.231. The average Bonchev–Trinajstić information content (AvgIpc) is 3.72. The molecule has 0 spiro atoms. The molecule has 6 aromatic carbocycles. The van der Waals surface area contributed by atoms with Gasteiger partial charge >= 0.3 is 331 Å². The second-order valence-electron chi connectivity index (χ2n) is 16.2. The van der Waals surface area contributed by atoms with Crippen LogP contribution >= 0.6 is 0 Å². The molecule has 0 nitrogen and oxygen atoms in total. The summed E-state index contributed by atoms with van der Waals surface area (Å²) in [5.41, 5.74) is 15.5. The van der Waals surface area contributed by atoms with Gasteiger partial charge in [-0.15, -0.1) is 0 Å². The second-order valence-corrected chi connectivity index (χ2v) is 31.2. The summed E-state index contributed by atoms with van der Waals surface area (Å²) in [6.45, 7) is 10.1. The summed E-state index contributed by atoms with van der Waals surface area (Å²) in [4.78, 5) is 0. The first-order valence-electron chi connectivity index (χ1n) is 20.5. The summed E-state index contributed by atoms with van der Waals surface area (Å²) < 4.78 is 3.95. The van der Waals surface area contributed by atoms with E-state index in [4.69, 9.17) is 0 Å². The van der Waals surface area contributed by atoms with E-state index < -0.39 is 28.3 Å². The van der Waals surface area contributed by atoms with E-state index in [9.17, 15) is 0 Å². The Morgan fingerprint density at radius 2 is 0.815 bits per heavy atom. The zero-order chi connectivity index (χ0) is 36.9. The summed E-state index contributed by atoms with van der Waals surface area (Å²) in [7, 11) is -2.98. The van der Waals surface area contributed by atoms with Crippen molar-refractivity contribution in [2.75, 3.05) is 0 Å². The van der Waals surface area contributed by atoms with E-state index in [1.807, 2.05) is 0 Å². The molecule has 1 heterocycles. The van der Waals surface area contributed by atoms with Gasteiger partial charge in [-0.1, -0.05) is 0 Å². The van der Waals surface area contributed by atoms with Gasteiger partial charge in [-0.2, -0.15) is 0 Å². The first-order valence-corrected chi connectivity index (χ1v) is 28.8. The van der Waals surface area contributed by atoms with Crippen LogP contribution in [-0.4, -0.2) is 8.07 Å². The van der Waals surface area contributed by atoms with Crippen molar-refractivity contribution in [1.82, 2.24) is 0 Å². The number of fused-ring (bicyclic) bond motifs is 8. The Bertz CT molecular complexity index is 2200. The molecule has 3 aliphatic rings. The first-order chi connectivity index (χ1) is 26.6. The van der Waals surface area contributed by atoms with Crippen molar-refractivity contribution < 1.29 is 20.3 Å². The molecule has 0 fully saturated rings. The van der Waals surface area contributed by atoms with Crippen molar-refractivity contribution in [2.24, 2.45) is 0 Å². The van der Waals surface area contributed by atoms with Crippen molar-refractivity contribution in [3.05, 3.63) is 191 Å². The molecule has 1 aliphatic heterocycles. The van der Waals surface area contributed by atoms with Crippen LogP contribution in [0.1, 0.15) is 82.9 Å². The van der Waals surface area contributed by atoms with Gasteiger partial charge in [0.15, 0.2) is 0 Å². The fourth-order valence-corrected chi connectivity index (χ4v) is 36.7. The number of hydrogen-bond acceptors (Lipinski definition) is 0. The third-order valence-corrected chi connectivity index (χ3v) is 34.3. The molecule has 0 amide bonds. The van der Waals surface area contributed by atoms with E-state index in [1.54, 1.807) is 43.8 Å². The molecular formula is C52H52SiZr. The number of unbranched alkanes of at least 4 members (excludes halogenated alkanes) is 2. The van der Waals surface area contributed by atoms with E-state index in [-0.39, 0.29) is 0 Å². The predicted octanol–water partition coefficient (Wildman–Crippen LogP) is 13.3.